The molecule has 0 aliphatic heterocycles. The second-order valence-electron chi connectivity index (χ2n) is 4.19. The summed E-state index contributed by atoms with van der Waals surface area (Å²) in [4.78, 5) is 22.8. The van der Waals surface area contributed by atoms with Crippen molar-refractivity contribution in [2.24, 2.45) is 0 Å². The van der Waals surface area contributed by atoms with Crippen LogP contribution in [0.5, 0.6) is 0 Å². The minimum absolute atomic E-state index is 0.000801. The van der Waals surface area contributed by atoms with Crippen molar-refractivity contribution in [3.8, 4) is 0 Å². The lowest BCUT2D eigenvalue weighted by Crippen LogP contribution is -2.15. The number of carboxylic acids is 1. The van der Waals surface area contributed by atoms with Gasteiger partial charge in [0, 0.05) is 4.47 Å². The lowest BCUT2D eigenvalue weighted by molar-refractivity contribution is 0.0696. The van der Waals surface area contributed by atoms with E-state index < -0.39 is 17.7 Å². The molecule has 4 N–H and O–H groups in total. The Morgan fingerprint density at radius 2 is 1.90 bits per heavy atom. The Kier molecular flexibility index (Phi) is 4.23. The molecule has 0 saturated heterocycles. The average molecular weight is 353 g/mol. The number of rotatable bonds is 3. The molecule has 0 aliphatic rings. The molecule has 0 aromatic heterocycles. The molecule has 0 radical (unpaired) electrons. The normalized spacial score (nSPS) is 10.2. The van der Waals surface area contributed by atoms with Crippen LogP contribution in [0.3, 0.4) is 0 Å². The van der Waals surface area contributed by atoms with Crippen LogP contribution < -0.4 is 11.1 Å². The molecule has 0 aliphatic carbocycles. The molecule has 0 unspecified atom stereocenters. The lowest BCUT2D eigenvalue weighted by atomic mass is 10.1. The molecule has 2 rings (SSSR count). The maximum Gasteiger partial charge on any atom is 0.335 e. The van der Waals surface area contributed by atoms with Gasteiger partial charge in [-0.2, -0.15) is 0 Å². The topological polar surface area (TPSA) is 92.4 Å². The highest BCUT2D eigenvalue weighted by atomic mass is 79.9. The van der Waals surface area contributed by atoms with E-state index in [1.54, 1.807) is 0 Å². The first-order valence-corrected chi connectivity index (χ1v) is 6.57. The summed E-state index contributed by atoms with van der Waals surface area (Å²) in [5, 5.41) is 11.3. The van der Waals surface area contributed by atoms with Gasteiger partial charge < -0.3 is 16.2 Å². The van der Waals surface area contributed by atoms with Crippen molar-refractivity contribution in [3.05, 3.63) is 57.8 Å². The van der Waals surface area contributed by atoms with Crippen molar-refractivity contribution in [1.82, 2.24) is 0 Å². The van der Waals surface area contributed by atoms with Crippen molar-refractivity contribution in [2.75, 3.05) is 11.1 Å². The molecule has 2 aromatic carbocycles. The van der Waals surface area contributed by atoms with Crippen LogP contribution in [0.4, 0.5) is 15.8 Å². The van der Waals surface area contributed by atoms with Gasteiger partial charge in [0.05, 0.1) is 22.5 Å². The molecule has 0 atom stereocenters. The largest absolute Gasteiger partial charge is 0.478 e. The fraction of sp³-hybridized carbons (Fsp3) is 0. The summed E-state index contributed by atoms with van der Waals surface area (Å²) in [5.74, 6) is -2.47. The molecule has 0 bridgehead atoms. The van der Waals surface area contributed by atoms with Gasteiger partial charge in [-0.3, -0.25) is 4.79 Å². The monoisotopic (exact) mass is 352 g/mol. The van der Waals surface area contributed by atoms with Crippen LogP contribution in [0.1, 0.15) is 20.7 Å². The van der Waals surface area contributed by atoms with Gasteiger partial charge in [0.15, 0.2) is 0 Å². The van der Waals surface area contributed by atoms with Gasteiger partial charge in [0.2, 0.25) is 0 Å². The Morgan fingerprint density at radius 3 is 2.52 bits per heavy atom. The second kappa shape index (κ2) is 5.92. The quantitative estimate of drug-likeness (QED) is 0.740. The highest BCUT2D eigenvalue weighted by Crippen LogP contribution is 2.22. The number of benzene rings is 2. The number of carboxylic acid groups (broad SMARTS) is 1. The van der Waals surface area contributed by atoms with Crippen molar-refractivity contribution < 1.29 is 19.1 Å². The molecule has 0 heterocycles. The van der Waals surface area contributed by atoms with Crippen molar-refractivity contribution in [1.29, 1.82) is 0 Å². The van der Waals surface area contributed by atoms with Crippen LogP contribution in [0, 0.1) is 5.82 Å². The summed E-state index contributed by atoms with van der Waals surface area (Å²) in [7, 11) is 0. The first-order chi connectivity index (χ1) is 9.88. The summed E-state index contributed by atoms with van der Waals surface area (Å²) in [6.07, 6.45) is 0. The second-order valence-corrected chi connectivity index (χ2v) is 5.10. The smallest absolute Gasteiger partial charge is 0.335 e. The molecule has 21 heavy (non-hydrogen) atoms. The van der Waals surface area contributed by atoms with Gasteiger partial charge in [0.1, 0.15) is 5.82 Å². The molecule has 0 saturated carbocycles. The zero-order valence-electron chi connectivity index (χ0n) is 10.6. The number of anilines is 2. The van der Waals surface area contributed by atoms with E-state index in [4.69, 9.17) is 10.8 Å². The van der Waals surface area contributed by atoms with E-state index in [0.717, 1.165) is 6.07 Å². The van der Waals surface area contributed by atoms with E-state index in [1.807, 2.05) is 0 Å². The fourth-order valence-electron chi connectivity index (χ4n) is 1.67. The number of nitrogens with one attached hydrogen (secondary N) is 1. The number of carbonyl (C=O) groups is 2. The number of hydrogen-bond donors (Lipinski definition) is 3. The molecule has 0 fully saturated rings. The van der Waals surface area contributed by atoms with E-state index >= 15 is 0 Å². The molecule has 108 valence electrons. The lowest BCUT2D eigenvalue weighted by Gasteiger charge is -2.09. The van der Waals surface area contributed by atoms with Crippen LogP contribution in [0.15, 0.2) is 40.9 Å². The Balaban J connectivity index is 2.27. The third kappa shape index (κ3) is 3.38. The van der Waals surface area contributed by atoms with Crippen LogP contribution in [-0.4, -0.2) is 17.0 Å². The fourth-order valence-corrected chi connectivity index (χ4v) is 2.03. The summed E-state index contributed by atoms with van der Waals surface area (Å²) in [6.45, 7) is 0. The van der Waals surface area contributed by atoms with Crippen LogP contribution in [-0.2, 0) is 0 Å². The minimum atomic E-state index is -1.13. The highest BCUT2D eigenvalue weighted by molar-refractivity contribution is 9.10. The van der Waals surface area contributed by atoms with Crippen LogP contribution >= 0.6 is 15.9 Å². The number of hydrogen-bond acceptors (Lipinski definition) is 3. The zero-order valence-corrected chi connectivity index (χ0v) is 12.1. The SMILES string of the molecule is Nc1cc(C(=O)O)ccc1NC(=O)c1cc(Br)ccc1F. The number of nitrogen functional groups attached to an aromatic ring is 1. The predicted molar refractivity (Wildman–Crippen MR) is 79.9 cm³/mol. The van der Waals surface area contributed by atoms with E-state index in [2.05, 4.69) is 21.2 Å². The Hall–Kier alpha value is -2.41. The predicted octanol–water partition coefficient (Wildman–Crippen LogP) is 3.12. The van der Waals surface area contributed by atoms with Crippen LogP contribution in [0.2, 0.25) is 0 Å². The van der Waals surface area contributed by atoms with Gasteiger partial charge in [-0.25, -0.2) is 9.18 Å². The molecule has 1 amide bonds. The molecule has 2 aromatic rings. The first-order valence-electron chi connectivity index (χ1n) is 5.77. The van der Waals surface area contributed by atoms with E-state index in [1.165, 1.54) is 30.3 Å². The molecular weight excluding hydrogens is 343 g/mol. The van der Waals surface area contributed by atoms with Gasteiger partial charge in [0.25, 0.3) is 5.91 Å². The maximum atomic E-state index is 13.6. The average Bonchev–Trinajstić information content (AvgIpc) is 2.43. The Labute approximate surface area is 127 Å². The summed E-state index contributed by atoms with van der Waals surface area (Å²) >= 11 is 3.15. The number of halogens is 2. The highest BCUT2D eigenvalue weighted by Gasteiger charge is 2.14. The van der Waals surface area contributed by atoms with Crippen molar-refractivity contribution >= 4 is 39.2 Å². The summed E-state index contributed by atoms with van der Waals surface area (Å²) in [6, 6.07) is 7.85. The third-order valence-corrected chi connectivity index (χ3v) is 3.21. The maximum absolute atomic E-state index is 13.6. The number of amides is 1. The van der Waals surface area contributed by atoms with Gasteiger partial charge >= 0.3 is 5.97 Å². The number of nitrogens with two attached hydrogens (primary N) is 1. The Bertz CT molecular complexity index is 734. The van der Waals surface area contributed by atoms with Gasteiger partial charge in [-0.1, -0.05) is 15.9 Å². The third-order valence-electron chi connectivity index (χ3n) is 2.72. The van der Waals surface area contributed by atoms with E-state index in [0.29, 0.717) is 4.47 Å². The van der Waals surface area contributed by atoms with Crippen molar-refractivity contribution in [3.63, 3.8) is 0 Å². The number of aromatic carboxylic acids is 1. The van der Waals surface area contributed by atoms with Gasteiger partial charge in [-0.05, 0) is 36.4 Å². The minimum Gasteiger partial charge on any atom is -0.478 e. The molecular formula is C14H10BrFN2O3. The standard InChI is InChI=1S/C14H10BrFN2O3/c15-8-2-3-10(16)9(6-8)13(19)18-12-4-1-7(14(20)21)5-11(12)17/h1-6H,17H2,(H,18,19)(H,20,21). The number of carbonyl (C=O) groups excluding carboxylic acids is 1. The summed E-state index contributed by atoms with van der Waals surface area (Å²) < 4.78 is 14.2. The van der Waals surface area contributed by atoms with Crippen LogP contribution in [0.25, 0.3) is 0 Å². The van der Waals surface area contributed by atoms with E-state index in [9.17, 15) is 14.0 Å². The molecule has 7 heteroatoms. The van der Waals surface area contributed by atoms with Gasteiger partial charge in [-0.15, -0.1) is 0 Å². The Morgan fingerprint density at radius 1 is 1.19 bits per heavy atom. The van der Waals surface area contributed by atoms with Crippen molar-refractivity contribution in [2.45, 2.75) is 0 Å². The summed E-state index contributed by atoms with van der Waals surface area (Å²) in [5.41, 5.74) is 5.82. The zero-order chi connectivity index (χ0) is 15.6. The molecule has 0 spiro atoms. The molecule has 5 nitrogen and oxygen atoms in total. The first kappa shape index (κ1) is 15.0. The van der Waals surface area contributed by atoms with E-state index in [-0.39, 0.29) is 22.5 Å².